The standard InChI is InChI=1S/C19H24N2/c1-2-13-11-14-7-8-17-19(9-10-21(12-13)18(14)19)15-5-3-4-6-16(15)20-17/h3-6,13-14,18H,2,7-12H2,1H3/t13-,14+,18-,19-/m1/s1. The Bertz CT molecular complexity index is 620. The normalized spacial score (nSPS) is 40.4. The molecule has 0 unspecified atom stereocenters. The van der Waals surface area contributed by atoms with E-state index in [0.29, 0.717) is 0 Å². The lowest BCUT2D eigenvalue weighted by molar-refractivity contribution is 0.0591. The highest BCUT2D eigenvalue weighted by molar-refractivity contribution is 6.03. The molecule has 1 aromatic carbocycles. The Labute approximate surface area is 127 Å². The van der Waals surface area contributed by atoms with Crippen LogP contribution in [0.15, 0.2) is 29.3 Å². The predicted molar refractivity (Wildman–Crippen MR) is 86.3 cm³/mol. The summed E-state index contributed by atoms with van der Waals surface area (Å²) in [5.41, 5.74) is 4.63. The van der Waals surface area contributed by atoms with E-state index in [9.17, 15) is 0 Å². The average Bonchev–Trinajstić information content (AvgIpc) is 3.07. The van der Waals surface area contributed by atoms with E-state index in [4.69, 9.17) is 4.99 Å². The van der Waals surface area contributed by atoms with Gasteiger partial charge in [0, 0.05) is 18.3 Å². The van der Waals surface area contributed by atoms with Gasteiger partial charge in [-0.05, 0) is 55.7 Å². The van der Waals surface area contributed by atoms with Crippen LogP contribution in [0.25, 0.3) is 0 Å². The average molecular weight is 280 g/mol. The molecule has 0 bridgehead atoms. The molecule has 110 valence electrons. The molecule has 5 rings (SSSR count). The van der Waals surface area contributed by atoms with Crippen molar-refractivity contribution in [2.24, 2.45) is 16.8 Å². The minimum Gasteiger partial charge on any atom is -0.299 e. The maximum Gasteiger partial charge on any atom is 0.0671 e. The van der Waals surface area contributed by atoms with Crippen molar-refractivity contribution in [3.05, 3.63) is 29.8 Å². The van der Waals surface area contributed by atoms with E-state index in [1.807, 2.05) is 0 Å². The van der Waals surface area contributed by atoms with E-state index in [1.54, 1.807) is 5.56 Å². The van der Waals surface area contributed by atoms with Crippen LogP contribution in [0.4, 0.5) is 5.69 Å². The Morgan fingerprint density at radius 2 is 2.24 bits per heavy atom. The number of benzene rings is 1. The van der Waals surface area contributed by atoms with Crippen LogP contribution in [0.1, 0.15) is 44.6 Å². The zero-order chi connectivity index (χ0) is 14.0. The summed E-state index contributed by atoms with van der Waals surface area (Å²) < 4.78 is 0. The van der Waals surface area contributed by atoms with Crippen LogP contribution >= 0.6 is 0 Å². The fraction of sp³-hybridized carbons (Fsp3) is 0.632. The fourth-order valence-electron chi connectivity index (χ4n) is 5.92. The van der Waals surface area contributed by atoms with Crippen molar-refractivity contribution in [3.8, 4) is 0 Å². The highest BCUT2D eigenvalue weighted by Gasteiger charge is 2.60. The number of rotatable bonds is 1. The van der Waals surface area contributed by atoms with Crippen LogP contribution < -0.4 is 0 Å². The van der Waals surface area contributed by atoms with Gasteiger partial charge in [0.15, 0.2) is 0 Å². The van der Waals surface area contributed by atoms with E-state index < -0.39 is 0 Å². The van der Waals surface area contributed by atoms with E-state index >= 15 is 0 Å². The van der Waals surface area contributed by atoms with Crippen molar-refractivity contribution in [3.63, 3.8) is 0 Å². The minimum absolute atomic E-state index is 0.290. The summed E-state index contributed by atoms with van der Waals surface area (Å²) in [4.78, 5) is 7.90. The lowest BCUT2D eigenvalue weighted by Crippen LogP contribution is -2.57. The Hall–Kier alpha value is -1.15. The van der Waals surface area contributed by atoms with E-state index in [1.165, 1.54) is 56.6 Å². The molecule has 2 nitrogen and oxygen atoms in total. The molecule has 0 radical (unpaired) electrons. The zero-order valence-electron chi connectivity index (χ0n) is 12.9. The Morgan fingerprint density at radius 3 is 3.14 bits per heavy atom. The lowest BCUT2D eigenvalue weighted by atomic mass is 9.59. The maximum absolute atomic E-state index is 5.06. The molecular weight excluding hydrogens is 256 g/mol. The SMILES string of the molecule is CC[C@@H]1C[C@@H]2CCC3=Nc4ccccc4[C@]34CCN(C1)[C@H]24. The Morgan fingerprint density at radius 1 is 1.33 bits per heavy atom. The van der Waals surface area contributed by atoms with E-state index in [-0.39, 0.29) is 5.41 Å². The third kappa shape index (κ3) is 1.45. The zero-order valence-corrected chi connectivity index (χ0v) is 12.9. The van der Waals surface area contributed by atoms with Crippen molar-refractivity contribution in [1.82, 2.24) is 4.90 Å². The summed E-state index contributed by atoms with van der Waals surface area (Å²) in [6.45, 7) is 4.98. The number of fused-ring (bicyclic) bond motifs is 1. The number of piperidine rings is 1. The molecule has 3 heterocycles. The second-order valence-corrected chi connectivity index (χ2v) is 7.55. The van der Waals surface area contributed by atoms with Gasteiger partial charge < -0.3 is 0 Å². The topological polar surface area (TPSA) is 15.6 Å². The van der Waals surface area contributed by atoms with Crippen LogP contribution in [0.5, 0.6) is 0 Å². The van der Waals surface area contributed by atoms with Gasteiger partial charge in [-0.3, -0.25) is 9.89 Å². The molecule has 0 amide bonds. The summed E-state index contributed by atoms with van der Waals surface area (Å²) in [6, 6.07) is 9.70. The maximum atomic E-state index is 5.06. The molecule has 2 saturated heterocycles. The molecule has 0 aromatic heterocycles. The lowest BCUT2D eigenvalue weighted by Gasteiger charge is -2.50. The summed E-state index contributed by atoms with van der Waals surface area (Å²) >= 11 is 0. The van der Waals surface area contributed by atoms with Crippen LogP contribution in [-0.4, -0.2) is 29.7 Å². The molecule has 3 aliphatic heterocycles. The van der Waals surface area contributed by atoms with Crippen LogP contribution in [0.2, 0.25) is 0 Å². The second-order valence-electron chi connectivity index (χ2n) is 7.55. The molecule has 1 saturated carbocycles. The highest BCUT2D eigenvalue weighted by atomic mass is 15.2. The summed E-state index contributed by atoms with van der Waals surface area (Å²) in [5.74, 6) is 1.83. The third-order valence-corrected chi connectivity index (χ3v) is 6.75. The van der Waals surface area contributed by atoms with Crippen molar-refractivity contribution >= 4 is 11.4 Å². The van der Waals surface area contributed by atoms with Gasteiger partial charge in [0.05, 0.1) is 11.1 Å². The molecule has 1 spiro atoms. The first kappa shape index (κ1) is 12.4. The summed E-state index contributed by atoms with van der Waals surface area (Å²) in [6.07, 6.45) is 6.71. The number of hydrogen-bond donors (Lipinski definition) is 0. The minimum atomic E-state index is 0.290. The molecule has 2 heteroatoms. The molecule has 4 atom stereocenters. The van der Waals surface area contributed by atoms with Gasteiger partial charge in [0.1, 0.15) is 0 Å². The van der Waals surface area contributed by atoms with Crippen LogP contribution in [0, 0.1) is 11.8 Å². The Balaban J connectivity index is 1.64. The van der Waals surface area contributed by atoms with Gasteiger partial charge in [-0.25, -0.2) is 0 Å². The van der Waals surface area contributed by atoms with Gasteiger partial charge in [0.2, 0.25) is 0 Å². The Kier molecular flexibility index (Phi) is 2.48. The highest BCUT2D eigenvalue weighted by Crippen LogP contribution is 2.57. The van der Waals surface area contributed by atoms with E-state index in [2.05, 4.69) is 36.1 Å². The van der Waals surface area contributed by atoms with Crippen molar-refractivity contribution in [1.29, 1.82) is 0 Å². The van der Waals surface area contributed by atoms with Gasteiger partial charge >= 0.3 is 0 Å². The van der Waals surface area contributed by atoms with Crippen LogP contribution in [0.3, 0.4) is 0 Å². The molecule has 4 aliphatic rings. The molecule has 1 aromatic rings. The van der Waals surface area contributed by atoms with Gasteiger partial charge in [0.25, 0.3) is 0 Å². The van der Waals surface area contributed by atoms with Gasteiger partial charge in [-0.1, -0.05) is 31.5 Å². The first-order valence-corrected chi connectivity index (χ1v) is 8.74. The monoisotopic (exact) mass is 280 g/mol. The summed E-state index contributed by atoms with van der Waals surface area (Å²) in [7, 11) is 0. The number of aliphatic imine (C=N–C) groups is 1. The first-order valence-electron chi connectivity index (χ1n) is 8.74. The molecule has 3 fully saturated rings. The van der Waals surface area contributed by atoms with Crippen molar-refractivity contribution < 1.29 is 0 Å². The number of para-hydroxylation sites is 1. The van der Waals surface area contributed by atoms with Crippen molar-refractivity contribution in [2.45, 2.75) is 50.5 Å². The second kappa shape index (κ2) is 4.19. The largest absolute Gasteiger partial charge is 0.299 e. The van der Waals surface area contributed by atoms with Gasteiger partial charge in [-0.2, -0.15) is 0 Å². The molecule has 0 N–H and O–H groups in total. The predicted octanol–water partition coefficient (Wildman–Crippen LogP) is 3.92. The molecule has 21 heavy (non-hydrogen) atoms. The first-order chi connectivity index (χ1) is 10.3. The van der Waals surface area contributed by atoms with Gasteiger partial charge in [-0.15, -0.1) is 0 Å². The third-order valence-electron chi connectivity index (χ3n) is 6.75. The molecule has 1 aliphatic carbocycles. The number of nitrogens with zero attached hydrogens (tertiary/aromatic N) is 2. The van der Waals surface area contributed by atoms with E-state index in [0.717, 1.165) is 17.9 Å². The number of hydrogen-bond acceptors (Lipinski definition) is 2. The smallest absolute Gasteiger partial charge is 0.0671 e. The summed E-state index contributed by atoms with van der Waals surface area (Å²) in [5, 5.41) is 0. The van der Waals surface area contributed by atoms with Crippen LogP contribution in [-0.2, 0) is 5.41 Å². The quantitative estimate of drug-likeness (QED) is 0.761. The van der Waals surface area contributed by atoms with Crippen molar-refractivity contribution in [2.75, 3.05) is 13.1 Å². The fourth-order valence-corrected chi connectivity index (χ4v) is 5.92. The molecular formula is C19H24N2.